The first-order valence-corrected chi connectivity index (χ1v) is 3.15. The van der Waals surface area contributed by atoms with Crippen LogP contribution in [0.15, 0.2) is 0 Å². The van der Waals surface area contributed by atoms with Crippen molar-refractivity contribution in [2.75, 3.05) is 20.1 Å². The summed E-state index contributed by atoms with van der Waals surface area (Å²) in [5.41, 5.74) is 0. The van der Waals surface area contributed by atoms with E-state index in [4.69, 9.17) is 5.11 Å². The maximum atomic E-state index is 9.04. The molecule has 0 aromatic carbocycles. The van der Waals surface area contributed by atoms with E-state index >= 15 is 0 Å². The van der Waals surface area contributed by atoms with Crippen molar-refractivity contribution in [1.82, 2.24) is 4.90 Å². The number of likely N-dealkylation sites (tertiary alicyclic amines) is 1. The normalized spacial score (nSPS) is 33.0. The first-order chi connectivity index (χ1) is 3.79. The van der Waals surface area contributed by atoms with E-state index in [0.29, 0.717) is 0 Å². The van der Waals surface area contributed by atoms with Crippen LogP contribution in [0.1, 0.15) is 12.8 Å². The molecule has 0 bridgehead atoms. The van der Waals surface area contributed by atoms with Crippen molar-refractivity contribution in [2.24, 2.45) is 0 Å². The number of hydrogen-bond donors (Lipinski definition) is 1. The summed E-state index contributed by atoms with van der Waals surface area (Å²) in [5.74, 6) is 0. The second-order valence-corrected chi connectivity index (χ2v) is 2.56. The van der Waals surface area contributed by atoms with Crippen LogP contribution in [0.5, 0.6) is 0 Å². The number of hydrogen-bond acceptors (Lipinski definition) is 2. The first kappa shape index (κ1) is 6.05. The monoisotopic (exact) mass is 115 g/mol. The minimum Gasteiger partial charge on any atom is -0.387 e. The Balaban J connectivity index is 2.23. The van der Waals surface area contributed by atoms with Crippen molar-refractivity contribution in [3.8, 4) is 0 Å². The topological polar surface area (TPSA) is 26.1 Å². The Hall–Kier alpha value is -0.0800. The third-order valence-corrected chi connectivity index (χ3v) is 1.60. The second kappa shape index (κ2) is 2.46. The zero-order valence-electron chi connectivity index (χ0n) is 5.30. The van der Waals surface area contributed by atoms with Gasteiger partial charge in [0.05, 0.1) is 0 Å². The number of rotatable bonds is 0. The molecule has 1 fully saturated rings. The quantitative estimate of drug-likeness (QED) is 0.439. The fraction of sp³-hybridized carbons (Fsp3) is 1.00. The Morgan fingerprint density at radius 3 is 2.75 bits per heavy atom. The summed E-state index contributed by atoms with van der Waals surface area (Å²) in [7, 11) is 2.04. The van der Waals surface area contributed by atoms with E-state index in [-0.39, 0.29) is 6.10 Å². The number of likely N-dealkylation sites (N-methyl/N-ethyl adjacent to an activating group) is 1. The Bertz CT molecular complexity index is 66.9. The Morgan fingerprint density at radius 2 is 2.38 bits per heavy atom. The Kier molecular flexibility index (Phi) is 1.86. The molecular formula is C6H13NO+. The zero-order chi connectivity index (χ0) is 5.98. The van der Waals surface area contributed by atoms with E-state index in [1.165, 1.54) is 0 Å². The summed E-state index contributed by atoms with van der Waals surface area (Å²) in [6.45, 7) is 2.01. The molecule has 1 aliphatic rings. The Labute approximate surface area is 50.1 Å². The molecule has 0 amide bonds. The standard InChI is InChI=1S/C6H13NO/c1-7-4-2-3-6(8)5-7/h6,8H,2-5H2,1H3/q+1. The lowest BCUT2D eigenvalue weighted by Crippen LogP contribution is -2.39. The van der Waals surface area contributed by atoms with Crippen LogP contribution < -0.4 is 4.90 Å². The van der Waals surface area contributed by atoms with Crippen molar-refractivity contribution < 1.29 is 5.11 Å². The fourth-order valence-corrected chi connectivity index (χ4v) is 1.14. The molecule has 0 aliphatic carbocycles. The molecule has 0 saturated carbocycles. The van der Waals surface area contributed by atoms with Crippen molar-refractivity contribution >= 4 is 0 Å². The van der Waals surface area contributed by atoms with Crippen molar-refractivity contribution in [3.63, 3.8) is 0 Å². The lowest BCUT2D eigenvalue weighted by atomic mass is 10.1. The molecule has 1 atom stereocenters. The zero-order valence-corrected chi connectivity index (χ0v) is 5.30. The van der Waals surface area contributed by atoms with Crippen LogP contribution in [-0.2, 0) is 0 Å². The molecule has 2 nitrogen and oxygen atoms in total. The number of piperidine rings is 1. The van der Waals surface area contributed by atoms with Crippen molar-refractivity contribution in [1.29, 1.82) is 0 Å². The third-order valence-electron chi connectivity index (χ3n) is 1.60. The number of β-amino-alcohol motifs (C(OH)–C–C–N with tert-alkyl or cyclic N) is 1. The smallest absolute Gasteiger partial charge is 0.148 e. The molecule has 1 aliphatic heterocycles. The van der Waals surface area contributed by atoms with Crippen LogP contribution >= 0.6 is 0 Å². The third kappa shape index (κ3) is 1.46. The van der Waals surface area contributed by atoms with E-state index in [2.05, 4.69) is 4.90 Å². The van der Waals surface area contributed by atoms with E-state index < -0.39 is 0 Å². The van der Waals surface area contributed by atoms with Gasteiger partial charge >= 0.3 is 0 Å². The molecule has 1 heterocycles. The second-order valence-electron chi connectivity index (χ2n) is 2.56. The summed E-state index contributed by atoms with van der Waals surface area (Å²) in [4.78, 5) is 2.16. The molecule has 1 N–H and O–H groups in total. The minimum absolute atomic E-state index is 0.0613. The van der Waals surface area contributed by atoms with Gasteiger partial charge in [-0.3, -0.25) is 0 Å². The number of nitrogens with zero attached hydrogens (tertiary/aromatic N) is 1. The lowest BCUT2D eigenvalue weighted by Gasteiger charge is -2.17. The van der Waals surface area contributed by atoms with Gasteiger partial charge in [0.2, 0.25) is 0 Å². The number of aliphatic hydroxyl groups is 1. The average molecular weight is 115 g/mol. The van der Waals surface area contributed by atoms with Gasteiger partial charge in [0.1, 0.15) is 26.2 Å². The fourth-order valence-electron chi connectivity index (χ4n) is 1.14. The maximum absolute atomic E-state index is 9.04. The van der Waals surface area contributed by atoms with E-state index in [0.717, 1.165) is 25.9 Å². The molecule has 1 unspecified atom stereocenters. The van der Waals surface area contributed by atoms with Gasteiger partial charge in [-0.1, -0.05) is 0 Å². The summed E-state index contributed by atoms with van der Waals surface area (Å²) in [5, 5.41) is 9.04. The Morgan fingerprint density at radius 1 is 1.62 bits per heavy atom. The molecule has 1 radical (unpaired) electrons. The molecular weight excluding hydrogens is 102 g/mol. The maximum Gasteiger partial charge on any atom is 0.148 e. The van der Waals surface area contributed by atoms with Crippen molar-refractivity contribution in [2.45, 2.75) is 18.9 Å². The van der Waals surface area contributed by atoms with Gasteiger partial charge in [0, 0.05) is 6.42 Å². The predicted octanol–water partition coefficient (Wildman–Crippen LogP) is -0.0890. The van der Waals surface area contributed by atoms with Crippen molar-refractivity contribution in [3.05, 3.63) is 0 Å². The molecule has 2 heteroatoms. The summed E-state index contributed by atoms with van der Waals surface area (Å²) >= 11 is 0. The largest absolute Gasteiger partial charge is 0.387 e. The summed E-state index contributed by atoms with van der Waals surface area (Å²) in [6, 6.07) is 0. The van der Waals surface area contributed by atoms with Crippen LogP contribution in [0.4, 0.5) is 0 Å². The minimum atomic E-state index is -0.0613. The molecule has 8 heavy (non-hydrogen) atoms. The van der Waals surface area contributed by atoms with Gasteiger partial charge in [0.15, 0.2) is 0 Å². The highest BCUT2D eigenvalue weighted by molar-refractivity contribution is 4.71. The average Bonchev–Trinajstić information content (AvgIpc) is 1.64. The predicted molar refractivity (Wildman–Crippen MR) is 33.0 cm³/mol. The first-order valence-electron chi connectivity index (χ1n) is 3.15. The molecule has 1 rings (SSSR count). The van der Waals surface area contributed by atoms with E-state index in [9.17, 15) is 0 Å². The summed E-state index contributed by atoms with van der Waals surface area (Å²) in [6.07, 6.45) is 2.08. The van der Waals surface area contributed by atoms with Crippen LogP contribution in [0.3, 0.4) is 0 Å². The van der Waals surface area contributed by atoms with Gasteiger partial charge in [-0.05, 0) is 6.42 Å². The van der Waals surface area contributed by atoms with E-state index in [1.54, 1.807) is 0 Å². The molecule has 1 saturated heterocycles. The lowest BCUT2D eigenvalue weighted by molar-refractivity contribution is 0.118. The van der Waals surface area contributed by atoms with Gasteiger partial charge in [-0.15, -0.1) is 0 Å². The van der Waals surface area contributed by atoms with Crippen LogP contribution in [0.25, 0.3) is 0 Å². The van der Waals surface area contributed by atoms with Gasteiger partial charge in [0.25, 0.3) is 0 Å². The molecule has 0 spiro atoms. The van der Waals surface area contributed by atoms with Gasteiger partial charge in [-0.2, -0.15) is 4.90 Å². The highest BCUT2D eigenvalue weighted by atomic mass is 16.3. The molecule has 47 valence electrons. The van der Waals surface area contributed by atoms with Gasteiger partial charge < -0.3 is 5.11 Å². The summed E-state index contributed by atoms with van der Waals surface area (Å²) < 4.78 is 0. The van der Waals surface area contributed by atoms with Gasteiger partial charge in [-0.25, -0.2) is 0 Å². The SMILES string of the molecule is C[N+]1CCCC(O)C1. The highest BCUT2D eigenvalue weighted by Crippen LogP contribution is 2.04. The highest BCUT2D eigenvalue weighted by Gasteiger charge is 2.20. The molecule has 0 aromatic heterocycles. The number of aliphatic hydroxyl groups excluding tert-OH is 1. The van der Waals surface area contributed by atoms with Crippen LogP contribution in [0, 0.1) is 0 Å². The van der Waals surface area contributed by atoms with Crippen LogP contribution in [-0.4, -0.2) is 31.3 Å². The van der Waals surface area contributed by atoms with Crippen LogP contribution in [0.2, 0.25) is 0 Å². The molecule has 0 aromatic rings. The van der Waals surface area contributed by atoms with E-state index in [1.807, 2.05) is 7.05 Å².